The van der Waals surface area contributed by atoms with E-state index in [1.54, 1.807) is 0 Å². The van der Waals surface area contributed by atoms with E-state index in [1.165, 1.54) is 12.8 Å². The molecule has 1 saturated heterocycles. The molecule has 0 saturated carbocycles. The van der Waals surface area contributed by atoms with Gasteiger partial charge in [0.2, 0.25) is 0 Å². The number of benzene rings is 1. The second-order valence-electron chi connectivity index (χ2n) is 7.01. The summed E-state index contributed by atoms with van der Waals surface area (Å²) in [6, 6.07) is 16.0. The third-order valence-corrected chi connectivity index (χ3v) is 5.15. The summed E-state index contributed by atoms with van der Waals surface area (Å²) in [6.45, 7) is 2.97. The monoisotopic (exact) mass is 359 g/mol. The van der Waals surface area contributed by atoms with Crippen molar-refractivity contribution in [1.82, 2.24) is 24.9 Å². The Balaban J connectivity index is 1.40. The van der Waals surface area contributed by atoms with Crippen LogP contribution in [0.25, 0.3) is 28.1 Å². The molecule has 0 bridgehead atoms. The molecule has 0 aliphatic carbocycles. The topological polar surface area (TPSA) is 64.3 Å². The van der Waals surface area contributed by atoms with E-state index < -0.39 is 0 Å². The number of ether oxygens (including phenoxy) is 1. The number of pyridine rings is 2. The third kappa shape index (κ3) is 3.24. The fourth-order valence-corrected chi connectivity index (χ4v) is 3.60. The number of fused-ring (bicyclic) bond motifs is 2. The molecule has 0 spiro atoms. The molecule has 6 nitrogen and oxygen atoms in total. The third-order valence-electron chi connectivity index (χ3n) is 5.15. The Morgan fingerprint density at radius 2 is 1.96 bits per heavy atom. The van der Waals surface area contributed by atoms with Crippen LogP contribution in [0.3, 0.4) is 0 Å². The number of rotatable bonds is 4. The summed E-state index contributed by atoms with van der Waals surface area (Å²) in [5, 5.41) is 13.0. The SMILES string of the molecule is c1ccn2c(-c3ccc4cc(OCC5CCNCC5)ccc4n3)nnc2c1. The summed E-state index contributed by atoms with van der Waals surface area (Å²) >= 11 is 0. The van der Waals surface area contributed by atoms with E-state index in [-0.39, 0.29) is 0 Å². The van der Waals surface area contributed by atoms with E-state index in [0.29, 0.717) is 5.92 Å². The summed E-state index contributed by atoms with van der Waals surface area (Å²) < 4.78 is 7.98. The lowest BCUT2D eigenvalue weighted by molar-refractivity contribution is 0.215. The van der Waals surface area contributed by atoms with E-state index in [9.17, 15) is 0 Å². The molecule has 136 valence electrons. The molecule has 5 rings (SSSR count). The van der Waals surface area contributed by atoms with Gasteiger partial charge in [-0.15, -0.1) is 10.2 Å². The van der Waals surface area contributed by atoms with E-state index in [2.05, 4.69) is 27.6 Å². The molecular formula is C21H21N5O. The molecule has 1 aliphatic rings. The van der Waals surface area contributed by atoms with Gasteiger partial charge in [0, 0.05) is 11.6 Å². The van der Waals surface area contributed by atoms with Crippen LogP contribution < -0.4 is 10.1 Å². The van der Waals surface area contributed by atoms with Gasteiger partial charge in [0.05, 0.1) is 12.1 Å². The first-order valence-corrected chi connectivity index (χ1v) is 9.41. The van der Waals surface area contributed by atoms with Crippen molar-refractivity contribution in [3.05, 3.63) is 54.7 Å². The molecule has 1 aromatic carbocycles. The second-order valence-corrected chi connectivity index (χ2v) is 7.01. The zero-order valence-electron chi connectivity index (χ0n) is 15.0. The van der Waals surface area contributed by atoms with E-state index in [1.807, 2.05) is 47.0 Å². The summed E-state index contributed by atoms with van der Waals surface area (Å²) in [7, 11) is 0. The van der Waals surface area contributed by atoms with E-state index in [0.717, 1.165) is 53.5 Å². The molecule has 6 heteroatoms. The molecule has 0 atom stereocenters. The van der Waals surface area contributed by atoms with Gasteiger partial charge in [0.15, 0.2) is 11.5 Å². The van der Waals surface area contributed by atoms with Gasteiger partial charge in [0.25, 0.3) is 0 Å². The molecule has 4 heterocycles. The summed E-state index contributed by atoms with van der Waals surface area (Å²) in [6.07, 6.45) is 4.32. The van der Waals surface area contributed by atoms with Crippen molar-refractivity contribution in [2.24, 2.45) is 5.92 Å². The van der Waals surface area contributed by atoms with Crippen molar-refractivity contribution in [3.63, 3.8) is 0 Å². The first-order valence-electron chi connectivity index (χ1n) is 9.41. The van der Waals surface area contributed by atoms with Crippen molar-refractivity contribution in [1.29, 1.82) is 0 Å². The minimum atomic E-state index is 0.642. The Morgan fingerprint density at radius 3 is 2.89 bits per heavy atom. The summed E-state index contributed by atoms with van der Waals surface area (Å²) in [5.74, 6) is 2.30. The lowest BCUT2D eigenvalue weighted by atomic mass is 9.99. The fraction of sp³-hybridized carbons (Fsp3) is 0.286. The predicted octanol–water partition coefficient (Wildman–Crippen LogP) is 3.32. The maximum absolute atomic E-state index is 6.03. The van der Waals surface area contributed by atoms with Crippen LogP contribution in [0.5, 0.6) is 5.75 Å². The zero-order chi connectivity index (χ0) is 18.1. The lowest BCUT2D eigenvalue weighted by Crippen LogP contribution is -2.30. The van der Waals surface area contributed by atoms with Crippen LogP contribution in [0.1, 0.15) is 12.8 Å². The van der Waals surface area contributed by atoms with Crippen molar-refractivity contribution < 1.29 is 4.74 Å². The average molecular weight is 359 g/mol. The summed E-state index contributed by atoms with van der Waals surface area (Å²) in [4.78, 5) is 4.77. The molecule has 1 aliphatic heterocycles. The van der Waals surface area contributed by atoms with Crippen LogP contribution in [-0.4, -0.2) is 39.3 Å². The van der Waals surface area contributed by atoms with E-state index >= 15 is 0 Å². The van der Waals surface area contributed by atoms with E-state index in [4.69, 9.17) is 9.72 Å². The van der Waals surface area contributed by atoms with Crippen molar-refractivity contribution in [2.75, 3.05) is 19.7 Å². The molecule has 0 amide bonds. The standard InChI is InChI=1S/C21H21N5O/c1-2-12-26-20(3-1)24-25-21(26)19-6-4-16-13-17(5-7-18(16)23-19)27-14-15-8-10-22-11-9-15/h1-7,12-13,15,22H,8-11,14H2. The van der Waals surface area contributed by atoms with Crippen molar-refractivity contribution >= 4 is 16.6 Å². The van der Waals surface area contributed by atoms with Crippen LogP contribution in [-0.2, 0) is 0 Å². The predicted molar refractivity (Wildman–Crippen MR) is 105 cm³/mol. The molecule has 1 N–H and O–H groups in total. The molecule has 1 fully saturated rings. The number of hydrogen-bond acceptors (Lipinski definition) is 5. The zero-order valence-corrected chi connectivity index (χ0v) is 15.0. The number of piperidine rings is 1. The Morgan fingerprint density at radius 1 is 1.04 bits per heavy atom. The molecule has 3 aromatic heterocycles. The number of hydrogen-bond donors (Lipinski definition) is 1. The summed E-state index contributed by atoms with van der Waals surface area (Å²) in [5.41, 5.74) is 2.55. The Hall–Kier alpha value is -2.99. The number of nitrogens with one attached hydrogen (secondary N) is 1. The first-order chi connectivity index (χ1) is 13.4. The highest BCUT2D eigenvalue weighted by atomic mass is 16.5. The van der Waals surface area contributed by atoms with Gasteiger partial charge in [-0.3, -0.25) is 4.40 Å². The van der Waals surface area contributed by atoms with Crippen LogP contribution in [0.4, 0.5) is 0 Å². The number of nitrogens with zero attached hydrogens (tertiary/aromatic N) is 4. The van der Waals surface area contributed by atoms with Gasteiger partial charge in [-0.25, -0.2) is 4.98 Å². The quantitative estimate of drug-likeness (QED) is 0.605. The van der Waals surface area contributed by atoms with Crippen LogP contribution in [0.2, 0.25) is 0 Å². The highest BCUT2D eigenvalue weighted by Crippen LogP contribution is 2.24. The normalized spacial score (nSPS) is 15.4. The van der Waals surface area contributed by atoms with Gasteiger partial charge >= 0.3 is 0 Å². The van der Waals surface area contributed by atoms with Gasteiger partial charge in [-0.2, -0.15) is 0 Å². The molecule has 4 aromatic rings. The van der Waals surface area contributed by atoms with Gasteiger partial charge in [-0.1, -0.05) is 12.1 Å². The van der Waals surface area contributed by atoms with Gasteiger partial charge in [0.1, 0.15) is 11.4 Å². The minimum absolute atomic E-state index is 0.642. The van der Waals surface area contributed by atoms with Gasteiger partial charge in [-0.05, 0) is 68.2 Å². The van der Waals surface area contributed by atoms with Crippen LogP contribution in [0.15, 0.2) is 54.7 Å². The molecule has 0 unspecified atom stereocenters. The highest BCUT2D eigenvalue weighted by Gasteiger charge is 2.14. The van der Waals surface area contributed by atoms with Crippen LogP contribution >= 0.6 is 0 Å². The Kier molecular flexibility index (Phi) is 4.18. The highest BCUT2D eigenvalue weighted by molar-refractivity contribution is 5.82. The van der Waals surface area contributed by atoms with Gasteiger partial charge < -0.3 is 10.1 Å². The van der Waals surface area contributed by atoms with Crippen molar-refractivity contribution in [3.8, 4) is 17.3 Å². The van der Waals surface area contributed by atoms with Crippen LogP contribution in [0, 0.1) is 5.92 Å². The second kappa shape index (κ2) is 6.96. The average Bonchev–Trinajstić information content (AvgIpc) is 3.17. The number of aromatic nitrogens is 4. The largest absolute Gasteiger partial charge is 0.493 e. The minimum Gasteiger partial charge on any atom is -0.493 e. The molecule has 27 heavy (non-hydrogen) atoms. The lowest BCUT2D eigenvalue weighted by Gasteiger charge is -2.22. The van der Waals surface area contributed by atoms with Crippen molar-refractivity contribution in [2.45, 2.75) is 12.8 Å². The fourth-order valence-electron chi connectivity index (χ4n) is 3.60. The molecular weight excluding hydrogens is 338 g/mol. The Labute approximate surface area is 157 Å². The Bertz CT molecular complexity index is 1080. The first kappa shape index (κ1) is 16.2. The maximum Gasteiger partial charge on any atom is 0.187 e. The molecule has 0 radical (unpaired) electrons. The smallest absolute Gasteiger partial charge is 0.187 e. The maximum atomic E-state index is 6.03.